The lowest BCUT2D eigenvalue weighted by molar-refractivity contribution is 0.519. The number of aromatic nitrogens is 1. The van der Waals surface area contributed by atoms with E-state index in [0.717, 1.165) is 17.6 Å². The van der Waals surface area contributed by atoms with E-state index in [-0.39, 0.29) is 0 Å². The van der Waals surface area contributed by atoms with Gasteiger partial charge in [-0.2, -0.15) is 0 Å². The van der Waals surface area contributed by atoms with Gasteiger partial charge in [-0.25, -0.2) is 0 Å². The van der Waals surface area contributed by atoms with Crippen molar-refractivity contribution in [3.63, 3.8) is 0 Å². The second kappa shape index (κ2) is 5.74. The van der Waals surface area contributed by atoms with E-state index in [9.17, 15) is 0 Å². The van der Waals surface area contributed by atoms with Crippen molar-refractivity contribution in [1.29, 1.82) is 0 Å². The van der Waals surface area contributed by atoms with E-state index >= 15 is 0 Å². The Labute approximate surface area is 129 Å². The van der Waals surface area contributed by atoms with Crippen LogP contribution in [0.15, 0.2) is 41.5 Å². The first-order valence-corrected chi connectivity index (χ1v) is 8.12. The molecule has 2 atom stereocenters. The van der Waals surface area contributed by atoms with Crippen LogP contribution < -0.4 is 5.32 Å². The van der Waals surface area contributed by atoms with E-state index in [1.165, 1.54) is 29.3 Å². The number of hydrogen-bond acceptors (Lipinski definition) is 1. The first-order chi connectivity index (χ1) is 9.70. The zero-order chi connectivity index (χ0) is 14.1. The van der Waals surface area contributed by atoms with Gasteiger partial charge in [0, 0.05) is 34.2 Å². The number of hydrogen-bond donors (Lipinski definition) is 1. The minimum atomic E-state index is 0.542. The molecule has 3 rings (SSSR count). The van der Waals surface area contributed by atoms with Crippen LogP contribution in [0.3, 0.4) is 0 Å². The van der Waals surface area contributed by atoms with Gasteiger partial charge in [-0.15, -0.1) is 6.58 Å². The lowest BCUT2D eigenvalue weighted by Crippen LogP contribution is -2.27. The number of allylic oxidation sites excluding steroid dienone is 1. The van der Waals surface area contributed by atoms with Gasteiger partial charge in [-0.3, -0.25) is 0 Å². The molecule has 0 amide bonds. The highest BCUT2D eigenvalue weighted by molar-refractivity contribution is 9.10. The van der Waals surface area contributed by atoms with Crippen molar-refractivity contribution in [2.45, 2.75) is 38.3 Å². The van der Waals surface area contributed by atoms with Crippen molar-refractivity contribution >= 4 is 26.8 Å². The monoisotopic (exact) mass is 332 g/mol. The first-order valence-electron chi connectivity index (χ1n) is 7.33. The quantitative estimate of drug-likeness (QED) is 0.818. The fourth-order valence-electron chi connectivity index (χ4n) is 3.30. The van der Waals surface area contributed by atoms with Gasteiger partial charge in [-0.1, -0.05) is 28.9 Å². The van der Waals surface area contributed by atoms with Crippen molar-refractivity contribution in [2.75, 3.05) is 6.54 Å². The average Bonchev–Trinajstić information content (AvgIpc) is 3.06. The topological polar surface area (TPSA) is 17.0 Å². The van der Waals surface area contributed by atoms with Gasteiger partial charge in [0.05, 0.1) is 0 Å². The van der Waals surface area contributed by atoms with Crippen LogP contribution in [0.2, 0.25) is 0 Å². The third kappa shape index (κ3) is 2.45. The summed E-state index contributed by atoms with van der Waals surface area (Å²) in [6.45, 7) is 8.23. The van der Waals surface area contributed by atoms with Crippen molar-refractivity contribution in [3.8, 4) is 0 Å². The number of rotatable bonds is 4. The lowest BCUT2D eigenvalue weighted by Gasteiger charge is -2.19. The predicted molar refractivity (Wildman–Crippen MR) is 89.3 cm³/mol. The molecule has 1 aromatic heterocycles. The highest BCUT2D eigenvalue weighted by Crippen LogP contribution is 2.33. The molecular formula is C17H21BrN2. The summed E-state index contributed by atoms with van der Waals surface area (Å²) >= 11 is 3.60. The molecule has 2 nitrogen and oxygen atoms in total. The third-order valence-electron chi connectivity index (χ3n) is 4.39. The van der Waals surface area contributed by atoms with Crippen molar-refractivity contribution in [1.82, 2.24) is 9.88 Å². The van der Waals surface area contributed by atoms with Crippen LogP contribution in [0.4, 0.5) is 0 Å². The highest BCUT2D eigenvalue weighted by Gasteiger charge is 2.25. The van der Waals surface area contributed by atoms with E-state index in [0.29, 0.717) is 12.0 Å². The van der Waals surface area contributed by atoms with Gasteiger partial charge in [0.25, 0.3) is 0 Å². The zero-order valence-electron chi connectivity index (χ0n) is 11.9. The molecule has 1 aromatic carbocycles. The molecule has 1 saturated heterocycles. The third-order valence-corrected chi connectivity index (χ3v) is 4.89. The van der Waals surface area contributed by atoms with Crippen molar-refractivity contribution in [3.05, 3.63) is 47.1 Å². The lowest BCUT2D eigenvalue weighted by atomic mass is 9.92. The van der Waals surface area contributed by atoms with Crippen LogP contribution >= 0.6 is 15.9 Å². The Bertz CT molecular complexity index is 623. The molecule has 1 aliphatic heterocycles. The van der Waals surface area contributed by atoms with Gasteiger partial charge in [0.1, 0.15) is 0 Å². The Morgan fingerprint density at radius 2 is 2.40 bits per heavy atom. The van der Waals surface area contributed by atoms with E-state index in [1.54, 1.807) is 0 Å². The van der Waals surface area contributed by atoms with Gasteiger partial charge in [0.2, 0.25) is 0 Å². The summed E-state index contributed by atoms with van der Waals surface area (Å²) in [6.07, 6.45) is 6.85. The second-order valence-electron chi connectivity index (χ2n) is 5.68. The minimum Gasteiger partial charge on any atom is -0.343 e. The number of fused-ring (bicyclic) bond motifs is 1. The summed E-state index contributed by atoms with van der Waals surface area (Å²) < 4.78 is 3.45. The first kappa shape index (κ1) is 13.9. The molecule has 2 unspecified atom stereocenters. The van der Waals surface area contributed by atoms with Crippen LogP contribution in [0, 0.1) is 0 Å². The summed E-state index contributed by atoms with van der Waals surface area (Å²) in [7, 11) is 0. The molecule has 3 heteroatoms. The molecule has 0 bridgehead atoms. The van der Waals surface area contributed by atoms with Crippen LogP contribution in [0.25, 0.3) is 10.9 Å². The fraction of sp³-hybridized carbons (Fsp3) is 0.412. The van der Waals surface area contributed by atoms with Gasteiger partial charge >= 0.3 is 0 Å². The second-order valence-corrected chi connectivity index (χ2v) is 6.59. The number of nitrogens with zero attached hydrogens (tertiary/aromatic N) is 1. The Hall–Kier alpha value is -1.06. The molecule has 0 spiro atoms. The predicted octanol–water partition coefficient (Wildman–Crippen LogP) is 4.45. The smallest absolute Gasteiger partial charge is 0.0487 e. The SMILES string of the molecule is C=CCn1cc(C(C)C2CCCN2)c2cc(Br)ccc21. The zero-order valence-corrected chi connectivity index (χ0v) is 13.5. The summed E-state index contributed by atoms with van der Waals surface area (Å²) in [6, 6.07) is 7.16. The Kier molecular flexibility index (Phi) is 3.99. The standard InChI is InChI=1S/C17H21BrN2/c1-3-9-20-11-15(12(2)16-5-4-8-19-16)14-10-13(18)6-7-17(14)20/h3,6-7,10-12,16,19H,1,4-5,8-9H2,2H3. The van der Waals surface area contributed by atoms with Crippen molar-refractivity contribution in [2.24, 2.45) is 0 Å². The molecule has 0 radical (unpaired) electrons. The number of halogens is 1. The Morgan fingerprint density at radius 1 is 1.55 bits per heavy atom. The molecule has 106 valence electrons. The van der Waals surface area contributed by atoms with Gasteiger partial charge < -0.3 is 9.88 Å². The molecule has 1 N–H and O–H groups in total. The maximum absolute atomic E-state index is 3.87. The fourth-order valence-corrected chi connectivity index (χ4v) is 3.67. The highest BCUT2D eigenvalue weighted by atomic mass is 79.9. The molecule has 1 aliphatic rings. The number of nitrogens with one attached hydrogen (secondary N) is 1. The summed E-state index contributed by atoms with van der Waals surface area (Å²) in [5.41, 5.74) is 2.75. The van der Waals surface area contributed by atoms with Gasteiger partial charge in [-0.05, 0) is 49.1 Å². The molecule has 0 saturated carbocycles. The molecular weight excluding hydrogens is 312 g/mol. The van der Waals surface area contributed by atoms with E-state index in [1.807, 2.05) is 6.08 Å². The van der Waals surface area contributed by atoms with E-state index in [2.05, 4.69) is 63.7 Å². The number of benzene rings is 1. The van der Waals surface area contributed by atoms with E-state index in [4.69, 9.17) is 0 Å². The normalized spacial score (nSPS) is 20.4. The molecule has 0 aliphatic carbocycles. The van der Waals surface area contributed by atoms with Crippen LogP contribution in [0.5, 0.6) is 0 Å². The van der Waals surface area contributed by atoms with Crippen LogP contribution in [0.1, 0.15) is 31.2 Å². The Morgan fingerprint density at radius 3 is 3.10 bits per heavy atom. The maximum atomic E-state index is 3.87. The van der Waals surface area contributed by atoms with E-state index < -0.39 is 0 Å². The van der Waals surface area contributed by atoms with Gasteiger partial charge in [0.15, 0.2) is 0 Å². The Balaban J connectivity index is 2.08. The molecule has 1 fully saturated rings. The van der Waals surface area contributed by atoms with Crippen LogP contribution in [-0.4, -0.2) is 17.2 Å². The van der Waals surface area contributed by atoms with Crippen molar-refractivity contribution < 1.29 is 0 Å². The summed E-state index contributed by atoms with van der Waals surface area (Å²) in [5, 5.41) is 5.00. The molecule has 2 heterocycles. The largest absolute Gasteiger partial charge is 0.343 e. The molecule has 2 aromatic rings. The molecule has 20 heavy (non-hydrogen) atoms. The summed E-state index contributed by atoms with van der Waals surface area (Å²) in [4.78, 5) is 0. The minimum absolute atomic E-state index is 0.542. The van der Waals surface area contributed by atoms with Crippen LogP contribution in [-0.2, 0) is 6.54 Å². The maximum Gasteiger partial charge on any atom is 0.0487 e. The summed E-state index contributed by atoms with van der Waals surface area (Å²) in [5.74, 6) is 0.542. The average molecular weight is 333 g/mol.